The van der Waals surface area contributed by atoms with Crippen molar-refractivity contribution in [3.63, 3.8) is 0 Å². The molecule has 0 aliphatic carbocycles. The molecule has 110 valence electrons. The van der Waals surface area contributed by atoms with Crippen molar-refractivity contribution in [3.05, 3.63) is 29.3 Å². The van der Waals surface area contributed by atoms with Gasteiger partial charge in [0.2, 0.25) is 0 Å². The molecule has 0 aromatic heterocycles. The summed E-state index contributed by atoms with van der Waals surface area (Å²) < 4.78 is 43.8. The van der Waals surface area contributed by atoms with Crippen molar-refractivity contribution in [3.8, 4) is 0 Å². The van der Waals surface area contributed by atoms with Crippen molar-refractivity contribution >= 4 is 5.69 Å². The number of anilines is 1. The molecule has 1 N–H and O–H groups in total. The average molecular weight is 285 g/mol. The molecule has 1 aromatic rings. The third-order valence-electron chi connectivity index (χ3n) is 4.32. The van der Waals surface area contributed by atoms with E-state index in [2.05, 4.69) is 5.32 Å². The molecule has 0 bridgehead atoms. The first-order chi connectivity index (χ1) is 9.55. The summed E-state index contributed by atoms with van der Waals surface area (Å²) in [6, 6.07) is 4.08. The maximum Gasteiger partial charge on any atom is 0.416 e. The number of rotatable bonds is 1. The summed E-state index contributed by atoms with van der Waals surface area (Å²) in [5.74, 6) is 0.746. The van der Waals surface area contributed by atoms with Crippen molar-refractivity contribution in [1.29, 1.82) is 0 Å². The molecule has 0 spiro atoms. The van der Waals surface area contributed by atoms with Crippen molar-refractivity contribution in [2.24, 2.45) is 5.92 Å². The van der Waals surface area contributed by atoms with Crippen LogP contribution < -0.4 is 5.32 Å². The molecule has 2 unspecified atom stereocenters. The largest absolute Gasteiger partial charge is 0.416 e. The average Bonchev–Trinajstić information content (AvgIpc) is 2.46. The SMILES string of the molecule is FC(F)(F)c1ccc2c(c1)NCCC2C1CCCOC1. The van der Waals surface area contributed by atoms with Crippen LogP contribution in [-0.2, 0) is 10.9 Å². The summed E-state index contributed by atoms with van der Waals surface area (Å²) >= 11 is 0. The predicted octanol–water partition coefficient (Wildman–Crippen LogP) is 4.03. The summed E-state index contributed by atoms with van der Waals surface area (Å²) in [7, 11) is 0. The second-order valence-corrected chi connectivity index (χ2v) is 5.60. The van der Waals surface area contributed by atoms with Gasteiger partial charge < -0.3 is 10.1 Å². The van der Waals surface area contributed by atoms with Crippen LogP contribution in [0.5, 0.6) is 0 Å². The smallest absolute Gasteiger partial charge is 0.385 e. The number of hydrogen-bond acceptors (Lipinski definition) is 2. The fourth-order valence-electron chi connectivity index (χ4n) is 3.30. The van der Waals surface area contributed by atoms with Gasteiger partial charge in [-0.25, -0.2) is 0 Å². The van der Waals surface area contributed by atoms with Crippen molar-refractivity contribution in [1.82, 2.24) is 0 Å². The molecule has 2 aliphatic heterocycles. The Bertz CT molecular complexity index is 480. The molecule has 1 fully saturated rings. The van der Waals surface area contributed by atoms with Gasteiger partial charge in [-0.2, -0.15) is 13.2 Å². The highest BCUT2D eigenvalue weighted by atomic mass is 19.4. The third-order valence-corrected chi connectivity index (χ3v) is 4.32. The first-order valence-electron chi connectivity index (χ1n) is 7.08. The van der Waals surface area contributed by atoms with Gasteiger partial charge in [0.15, 0.2) is 0 Å². The standard InChI is InChI=1S/C15H18F3NO/c16-15(17,18)11-3-4-13-12(5-6-19-14(13)8-11)10-2-1-7-20-9-10/h3-4,8,10,12,19H,1-2,5-7,9H2. The van der Waals surface area contributed by atoms with Gasteiger partial charge in [-0.15, -0.1) is 0 Å². The van der Waals surface area contributed by atoms with Crippen LogP contribution >= 0.6 is 0 Å². The van der Waals surface area contributed by atoms with E-state index in [0.29, 0.717) is 17.5 Å². The fraction of sp³-hybridized carbons (Fsp3) is 0.600. The maximum atomic E-state index is 12.8. The quantitative estimate of drug-likeness (QED) is 0.841. The molecular weight excluding hydrogens is 267 g/mol. The van der Waals surface area contributed by atoms with Crippen LogP contribution in [0.25, 0.3) is 0 Å². The number of fused-ring (bicyclic) bond motifs is 1. The minimum Gasteiger partial charge on any atom is -0.385 e. The van der Waals surface area contributed by atoms with Crippen molar-refractivity contribution in [2.75, 3.05) is 25.1 Å². The fourth-order valence-corrected chi connectivity index (χ4v) is 3.30. The number of benzene rings is 1. The Labute approximate surface area is 116 Å². The second kappa shape index (κ2) is 5.28. The van der Waals surface area contributed by atoms with Gasteiger partial charge in [0.1, 0.15) is 0 Å². The molecule has 2 nitrogen and oxygen atoms in total. The Balaban J connectivity index is 1.89. The van der Waals surface area contributed by atoms with Gasteiger partial charge in [-0.1, -0.05) is 6.07 Å². The Morgan fingerprint density at radius 3 is 2.75 bits per heavy atom. The molecule has 1 saturated heterocycles. The monoisotopic (exact) mass is 285 g/mol. The first kappa shape index (κ1) is 13.7. The lowest BCUT2D eigenvalue weighted by Crippen LogP contribution is -2.28. The van der Waals surface area contributed by atoms with Crippen LogP contribution in [-0.4, -0.2) is 19.8 Å². The highest BCUT2D eigenvalue weighted by molar-refractivity contribution is 5.57. The van der Waals surface area contributed by atoms with Gasteiger partial charge >= 0.3 is 6.18 Å². The van der Waals surface area contributed by atoms with E-state index in [0.717, 1.165) is 44.6 Å². The lowest BCUT2D eigenvalue weighted by molar-refractivity contribution is -0.137. The number of nitrogens with one attached hydrogen (secondary N) is 1. The number of hydrogen-bond donors (Lipinski definition) is 1. The van der Waals surface area contributed by atoms with Gasteiger partial charge in [0, 0.05) is 25.4 Å². The van der Waals surface area contributed by atoms with Crippen LogP contribution in [0.15, 0.2) is 18.2 Å². The summed E-state index contributed by atoms with van der Waals surface area (Å²) in [5, 5.41) is 3.10. The third kappa shape index (κ3) is 2.64. The zero-order valence-corrected chi connectivity index (χ0v) is 11.2. The molecular formula is C15H18F3NO. The van der Waals surface area contributed by atoms with Crippen molar-refractivity contribution in [2.45, 2.75) is 31.4 Å². The van der Waals surface area contributed by atoms with Crippen LogP contribution in [0.1, 0.15) is 36.3 Å². The van der Waals surface area contributed by atoms with Gasteiger partial charge in [0.05, 0.1) is 5.56 Å². The second-order valence-electron chi connectivity index (χ2n) is 5.60. The van der Waals surface area contributed by atoms with E-state index in [9.17, 15) is 13.2 Å². The highest BCUT2D eigenvalue weighted by Gasteiger charge is 2.34. The highest BCUT2D eigenvalue weighted by Crippen LogP contribution is 2.42. The molecule has 2 heterocycles. The Hall–Kier alpha value is -1.23. The molecule has 1 aromatic carbocycles. The summed E-state index contributed by atoms with van der Waals surface area (Å²) in [6.45, 7) is 2.27. The molecule has 0 amide bonds. The molecule has 5 heteroatoms. The van der Waals surface area contributed by atoms with Crippen LogP contribution in [0, 0.1) is 5.92 Å². The van der Waals surface area contributed by atoms with E-state index >= 15 is 0 Å². The van der Waals surface area contributed by atoms with Crippen LogP contribution in [0.4, 0.5) is 18.9 Å². The molecule has 3 rings (SSSR count). The van der Waals surface area contributed by atoms with E-state index in [1.165, 1.54) is 12.1 Å². The first-order valence-corrected chi connectivity index (χ1v) is 7.08. The molecule has 0 radical (unpaired) electrons. The molecule has 2 aliphatic rings. The van der Waals surface area contributed by atoms with Crippen LogP contribution in [0.2, 0.25) is 0 Å². The van der Waals surface area contributed by atoms with E-state index < -0.39 is 11.7 Å². The predicted molar refractivity (Wildman–Crippen MR) is 70.8 cm³/mol. The lowest BCUT2D eigenvalue weighted by atomic mass is 9.78. The summed E-state index contributed by atoms with van der Waals surface area (Å²) in [4.78, 5) is 0. The van der Waals surface area contributed by atoms with E-state index in [1.807, 2.05) is 0 Å². The van der Waals surface area contributed by atoms with Gasteiger partial charge in [0.25, 0.3) is 0 Å². The zero-order chi connectivity index (χ0) is 14.2. The normalized spacial score (nSPS) is 26.8. The molecule has 0 saturated carbocycles. The maximum absolute atomic E-state index is 12.8. The zero-order valence-electron chi connectivity index (χ0n) is 11.2. The summed E-state index contributed by atoms with van der Waals surface area (Å²) in [5.41, 5.74) is 1.07. The van der Waals surface area contributed by atoms with Crippen LogP contribution in [0.3, 0.4) is 0 Å². The van der Waals surface area contributed by atoms with E-state index in [-0.39, 0.29) is 0 Å². The Kier molecular flexibility index (Phi) is 3.63. The Morgan fingerprint density at radius 1 is 1.20 bits per heavy atom. The number of ether oxygens (including phenoxy) is 1. The van der Waals surface area contributed by atoms with E-state index in [4.69, 9.17) is 4.74 Å². The van der Waals surface area contributed by atoms with Gasteiger partial charge in [-0.3, -0.25) is 0 Å². The topological polar surface area (TPSA) is 21.3 Å². The lowest BCUT2D eigenvalue weighted by Gasteiger charge is -2.35. The van der Waals surface area contributed by atoms with Gasteiger partial charge in [-0.05, 0) is 48.8 Å². The van der Waals surface area contributed by atoms with E-state index in [1.54, 1.807) is 6.07 Å². The van der Waals surface area contributed by atoms with Crippen molar-refractivity contribution < 1.29 is 17.9 Å². The molecule has 20 heavy (non-hydrogen) atoms. The Morgan fingerprint density at radius 2 is 2.05 bits per heavy atom. The number of alkyl halides is 3. The molecule has 2 atom stereocenters. The summed E-state index contributed by atoms with van der Waals surface area (Å²) in [6.07, 6.45) is -1.17. The minimum atomic E-state index is -4.28. The minimum absolute atomic E-state index is 0.314. The number of halogens is 3.